The maximum Gasteiger partial charge on any atom is 0.316 e. The first-order chi connectivity index (χ1) is 10.2. The molecule has 0 atom stereocenters. The Morgan fingerprint density at radius 1 is 1.52 bits per heavy atom. The lowest BCUT2D eigenvalue weighted by Gasteiger charge is -2.08. The van der Waals surface area contributed by atoms with Crippen molar-refractivity contribution < 1.29 is 9.53 Å². The molecule has 0 N–H and O–H groups in total. The standard InChI is InChI=1S/C14H18N4O2S/c1-4-7-18-12(9-11-6-5-8-17(11)2)15-16-14(18)21-10-13(19)20-3/h4-6,8H,1,7,9-10H2,2-3H3. The lowest BCUT2D eigenvalue weighted by atomic mass is 10.3. The SMILES string of the molecule is C=CCn1c(Cc2cccn2C)nnc1SCC(=O)OC. The second-order valence-corrected chi connectivity index (χ2v) is 5.39. The molecule has 0 spiro atoms. The first-order valence-corrected chi connectivity index (χ1v) is 7.47. The second kappa shape index (κ2) is 7.12. The normalized spacial score (nSPS) is 10.6. The minimum absolute atomic E-state index is 0.218. The van der Waals surface area contributed by atoms with Crippen molar-refractivity contribution in [2.75, 3.05) is 12.9 Å². The van der Waals surface area contributed by atoms with Gasteiger partial charge in [0.2, 0.25) is 0 Å². The van der Waals surface area contributed by atoms with E-state index in [2.05, 4.69) is 21.5 Å². The first kappa shape index (κ1) is 15.4. The molecule has 0 aliphatic carbocycles. The number of hydrogen-bond acceptors (Lipinski definition) is 5. The molecule has 2 aromatic heterocycles. The number of allylic oxidation sites excluding steroid dienone is 1. The molecular weight excluding hydrogens is 288 g/mol. The number of methoxy groups -OCH3 is 1. The second-order valence-electron chi connectivity index (χ2n) is 4.45. The van der Waals surface area contributed by atoms with Crippen molar-refractivity contribution in [2.45, 2.75) is 18.1 Å². The molecule has 0 aliphatic rings. The highest BCUT2D eigenvalue weighted by Gasteiger charge is 2.14. The van der Waals surface area contributed by atoms with Gasteiger partial charge in [0.25, 0.3) is 0 Å². The van der Waals surface area contributed by atoms with Crippen LogP contribution in [0.25, 0.3) is 0 Å². The van der Waals surface area contributed by atoms with Gasteiger partial charge in [-0.25, -0.2) is 0 Å². The van der Waals surface area contributed by atoms with Crippen LogP contribution >= 0.6 is 11.8 Å². The van der Waals surface area contributed by atoms with Gasteiger partial charge in [0, 0.05) is 31.9 Å². The Hall–Kier alpha value is -2.02. The van der Waals surface area contributed by atoms with Crippen LogP contribution in [0.4, 0.5) is 0 Å². The number of carbonyl (C=O) groups excluding carboxylic acids is 1. The van der Waals surface area contributed by atoms with Gasteiger partial charge >= 0.3 is 5.97 Å². The quantitative estimate of drug-likeness (QED) is 0.442. The number of aromatic nitrogens is 4. The molecule has 0 aliphatic heterocycles. The molecule has 0 radical (unpaired) electrons. The molecule has 2 heterocycles. The van der Waals surface area contributed by atoms with Crippen LogP contribution in [0.3, 0.4) is 0 Å². The molecule has 0 unspecified atom stereocenters. The number of ether oxygens (including phenoxy) is 1. The molecule has 7 heteroatoms. The third-order valence-electron chi connectivity index (χ3n) is 3.04. The van der Waals surface area contributed by atoms with Crippen LogP contribution < -0.4 is 0 Å². The fraction of sp³-hybridized carbons (Fsp3) is 0.357. The summed E-state index contributed by atoms with van der Waals surface area (Å²) < 4.78 is 8.65. The fourth-order valence-corrected chi connectivity index (χ4v) is 2.69. The van der Waals surface area contributed by atoms with E-state index >= 15 is 0 Å². The molecule has 0 aromatic carbocycles. The Morgan fingerprint density at radius 2 is 2.33 bits per heavy atom. The predicted octanol–water partition coefficient (Wildman–Crippen LogP) is 1.66. The van der Waals surface area contributed by atoms with Crippen LogP contribution in [-0.4, -0.2) is 38.2 Å². The average molecular weight is 306 g/mol. The highest BCUT2D eigenvalue weighted by atomic mass is 32.2. The molecule has 2 rings (SSSR count). The summed E-state index contributed by atoms with van der Waals surface area (Å²) in [6, 6.07) is 4.05. The Balaban J connectivity index is 2.17. The molecule has 112 valence electrons. The van der Waals surface area contributed by atoms with E-state index in [9.17, 15) is 4.79 Å². The van der Waals surface area contributed by atoms with Gasteiger partial charge in [0.1, 0.15) is 5.82 Å². The van der Waals surface area contributed by atoms with Crippen LogP contribution in [0.2, 0.25) is 0 Å². The van der Waals surface area contributed by atoms with Crippen LogP contribution in [-0.2, 0) is 29.5 Å². The highest BCUT2D eigenvalue weighted by Crippen LogP contribution is 2.19. The van der Waals surface area contributed by atoms with Crippen molar-refractivity contribution in [3.63, 3.8) is 0 Å². The van der Waals surface area contributed by atoms with Crippen LogP contribution in [0.1, 0.15) is 11.5 Å². The van der Waals surface area contributed by atoms with Crippen molar-refractivity contribution in [1.82, 2.24) is 19.3 Å². The number of thioether (sulfide) groups is 1. The van der Waals surface area contributed by atoms with E-state index in [-0.39, 0.29) is 11.7 Å². The van der Waals surface area contributed by atoms with Crippen LogP contribution in [0.15, 0.2) is 36.1 Å². The zero-order valence-corrected chi connectivity index (χ0v) is 13.0. The largest absolute Gasteiger partial charge is 0.468 e. The van der Waals surface area contributed by atoms with E-state index in [0.717, 1.165) is 11.5 Å². The van der Waals surface area contributed by atoms with E-state index < -0.39 is 0 Å². The Morgan fingerprint density at radius 3 is 2.95 bits per heavy atom. The molecule has 0 saturated carbocycles. The predicted molar refractivity (Wildman–Crippen MR) is 81.2 cm³/mol. The Labute approximate surface area is 127 Å². The van der Waals surface area contributed by atoms with Crippen molar-refractivity contribution in [1.29, 1.82) is 0 Å². The van der Waals surface area contributed by atoms with E-state index in [4.69, 9.17) is 0 Å². The first-order valence-electron chi connectivity index (χ1n) is 6.48. The summed E-state index contributed by atoms with van der Waals surface area (Å²) in [4.78, 5) is 11.2. The van der Waals surface area contributed by atoms with Gasteiger partial charge in [0.05, 0.1) is 12.9 Å². The molecule has 2 aromatic rings. The van der Waals surface area contributed by atoms with Crippen LogP contribution in [0.5, 0.6) is 0 Å². The highest BCUT2D eigenvalue weighted by molar-refractivity contribution is 7.99. The van der Waals surface area contributed by atoms with Crippen molar-refractivity contribution >= 4 is 17.7 Å². The summed E-state index contributed by atoms with van der Waals surface area (Å²) in [5.74, 6) is 0.789. The molecule has 0 bridgehead atoms. The number of aryl methyl sites for hydroxylation is 1. The van der Waals surface area contributed by atoms with Gasteiger partial charge < -0.3 is 13.9 Å². The fourth-order valence-electron chi connectivity index (χ4n) is 1.89. The van der Waals surface area contributed by atoms with E-state index in [1.807, 2.05) is 34.5 Å². The van der Waals surface area contributed by atoms with Gasteiger partial charge in [-0.2, -0.15) is 0 Å². The summed E-state index contributed by atoms with van der Waals surface area (Å²) in [5, 5.41) is 9.09. The van der Waals surface area contributed by atoms with Gasteiger partial charge in [-0.1, -0.05) is 17.8 Å². The van der Waals surface area contributed by atoms with Gasteiger partial charge in [-0.05, 0) is 12.1 Å². The minimum atomic E-state index is -0.280. The Bertz CT molecular complexity index is 633. The maximum atomic E-state index is 11.2. The van der Waals surface area contributed by atoms with E-state index in [1.54, 1.807) is 6.08 Å². The minimum Gasteiger partial charge on any atom is -0.468 e. The molecule has 0 fully saturated rings. The summed E-state index contributed by atoms with van der Waals surface area (Å²) in [6.45, 7) is 4.37. The summed E-state index contributed by atoms with van der Waals surface area (Å²) in [5.41, 5.74) is 1.15. The zero-order chi connectivity index (χ0) is 15.2. The summed E-state index contributed by atoms with van der Waals surface area (Å²) >= 11 is 1.32. The third-order valence-corrected chi connectivity index (χ3v) is 3.98. The van der Waals surface area contributed by atoms with Gasteiger partial charge in [-0.15, -0.1) is 16.8 Å². The van der Waals surface area contributed by atoms with Crippen LogP contribution in [0, 0.1) is 0 Å². The zero-order valence-electron chi connectivity index (χ0n) is 12.2. The molecule has 6 nitrogen and oxygen atoms in total. The van der Waals surface area contributed by atoms with Crippen molar-refractivity contribution in [3.05, 3.63) is 42.5 Å². The average Bonchev–Trinajstić information content (AvgIpc) is 3.05. The molecule has 0 saturated heterocycles. The number of nitrogens with zero attached hydrogens (tertiary/aromatic N) is 4. The van der Waals surface area contributed by atoms with E-state index in [0.29, 0.717) is 18.1 Å². The van der Waals surface area contributed by atoms with Gasteiger partial charge in [0.15, 0.2) is 5.16 Å². The Kier molecular flexibility index (Phi) is 5.21. The lowest BCUT2D eigenvalue weighted by molar-refractivity contribution is -0.137. The molecule has 21 heavy (non-hydrogen) atoms. The number of esters is 1. The summed E-state index contributed by atoms with van der Waals surface area (Å²) in [7, 11) is 3.37. The van der Waals surface area contributed by atoms with Crippen molar-refractivity contribution in [3.8, 4) is 0 Å². The maximum absolute atomic E-state index is 11.2. The van der Waals surface area contributed by atoms with Crippen molar-refractivity contribution in [2.24, 2.45) is 7.05 Å². The lowest BCUT2D eigenvalue weighted by Crippen LogP contribution is -2.08. The molecular formula is C14H18N4O2S. The monoisotopic (exact) mass is 306 g/mol. The number of hydrogen-bond donors (Lipinski definition) is 0. The summed E-state index contributed by atoms with van der Waals surface area (Å²) in [6.07, 6.45) is 4.47. The van der Waals surface area contributed by atoms with E-state index in [1.165, 1.54) is 18.9 Å². The van der Waals surface area contributed by atoms with Gasteiger partial charge in [-0.3, -0.25) is 4.79 Å². The topological polar surface area (TPSA) is 61.9 Å². The number of rotatable bonds is 7. The number of carbonyl (C=O) groups is 1. The molecule has 0 amide bonds. The third kappa shape index (κ3) is 3.75. The smallest absolute Gasteiger partial charge is 0.316 e.